The molecule has 2 saturated carbocycles. The molecule has 20 heavy (non-hydrogen) atoms. The van der Waals surface area contributed by atoms with E-state index in [1.54, 1.807) is 0 Å². The second kappa shape index (κ2) is 8.52. The Hall–Kier alpha value is 0.100. The van der Waals surface area contributed by atoms with E-state index in [0.29, 0.717) is 20.3 Å². The Morgan fingerprint density at radius 1 is 0.650 bits per heavy atom. The maximum Gasteiger partial charge on any atom is 0.162 e. The molecule has 0 radical (unpaired) electrons. The van der Waals surface area contributed by atoms with E-state index in [1.807, 2.05) is 0 Å². The summed E-state index contributed by atoms with van der Waals surface area (Å²) in [5.74, 6) is 1.40. The fourth-order valence-electron chi connectivity index (χ4n) is 4.56. The molecule has 2 heteroatoms. The van der Waals surface area contributed by atoms with E-state index in [4.69, 9.17) is 0 Å². The van der Waals surface area contributed by atoms with Gasteiger partial charge in [0.15, 0.2) is 8.46 Å². The summed E-state index contributed by atoms with van der Waals surface area (Å²) in [5, 5.41) is 0.0642. The summed E-state index contributed by atoms with van der Waals surface area (Å²) >= 11 is 0. The highest BCUT2D eigenvalue weighted by Gasteiger charge is 2.41. The highest BCUT2D eigenvalue weighted by atomic mass is 31.1. The zero-order valence-electron chi connectivity index (χ0n) is 13.4. The maximum atomic E-state index is 12.1. The largest absolute Gasteiger partial charge is 0.274 e. The summed E-state index contributed by atoms with van der Waals surface area (Å²) in [6.45, 7) is 2.35. The van der Waals surface area contributed by atoms with Crippen LogP contribution in [0.5, 0.6) is 0 Å². The van der Waals surface area contributed by atoms with Crippen LogP contribution < -0.4 is 0 Å². The summed E-state index contributed by atoms with van der Waals surface area (Å²) in [5.41, 5.74) is 0. The van der Waals surface area contributed by atoms with E-state index in [-0.39, 0.29) is 5.16 Å². The lowest BCUT2D eigenvalue weighted by Gasteiger charge is -2.40. The van der Waals surface area contributed by atoms with Gasteiger partial charge in [0.1, 0.15) is 0 Å². The molecule has 0 N–H and O–H groups in total. The quantitative estimate of drug-likeness (QED) is 0.526. The highest BCUT2D eigenvalue weighted by molar-refractivity contribution is 7.26. The van der Waals surface area contributed by atoms with Crippen molar-refractivity contribution in [1.29, 1.82) is 0 Å². The lowest BCUT2D eigenvalue weighted by molar-refractivity contribution is 0.202. The molecule has 116 valence electrons. The molecule has 2 rings (SSSR count). The SMILES string of the molecule is CC(P=O)(C1CCCCCCC1)C1CCCCCCC1. The second-order valence-corrected chi connectivity index (χ2v) is 8.55. The van der Waals surface area contributed by atoms with Crippen LogP contribution in [0, 0.1) is 11.8 Å². The summed E-state index contributed by atoms with van der Waals surface area (Å²) in [6, 6.07) is 0. The van der Waals surface area contributed by atoms with Crippen molar-refractivity contribution in [1.82, 2.24) is 0 Å². The van der Waals surface area contributed by atoms with Crippen LogP contribution in [0.15, 0.2) is 0 Å². The van der Waals surface area contributed by atoms with Gasteiger partial charge in [0.05, 0.1) is 5.16 Å². The summed E-state index contributed by atoms with van der Waals surface area (Å²) in [4.78, 5) is 0. The molecule has 0 unspecified atom stereocenters. The maximum absolute atomic E-state index is 12.1. The van der Waals surface area contributed by atoms with Gasteiger partial charge >= 0.3 is 0 Å². The first kappa shape index (κ1) is 16.5. The molecular formula is C18H33OP. The molecule has 1 nitrogen and oxygen atoms in total. The predicted molar refractivity (Wildman–Crippen MR) is 87.6 cm³/mol. The van der Waals surface area contributed by atoms with Gasteiger partial charge in [0.2, 0.25) is 0 Å². The molecule has 0 aromatic rings. The fraction of sp³-hybridized carbons (Fsp3) is 1.00. The van der Waals surface area contributed by atoms with Gasteiger partial charge < -0.3 is 0 Å². The molecule has 0 spiro atoms. The molecule has 0 atom stereocenters. The Bertz CT molecular complexity index is 251. The van der Waals surface area contributed by atoms with Crippen LogP contribution in [-0.4, -0.2) is 5.16 Å². The predicted octanol–water partition coefficient (Wildman–Crippen LogP) is 6.76. The van der Waals surface area contributed by atoms with Crippen molar-refractivity contribution in [2.45, 2.75) is 102 Å². The van der Waals surface area contributed by atoms with Gasteiger partial charge in [-0.25, -0.2) is 0 Å². The third-order valence-electron chi connectivity index (χ3n) is 6.06. The molecule has 0 heterocycles. The minimum atomic E-state index is 0.0642. The van der Waals surface area contributed by atoms with Crippen molar-refractivity contribution in [3.8, 4) is 0 Å². The number of rotatable bonds is 3. The van der Waals surface area contributed by atoms with Gasteiger partial charge in [-0.3, -0.25) is 4.57 Å². The lowest BCUT2D eigenvalue weighted by Crippen LogP contribution is -2.38. The summed E-state index contributed by atoms with van der Waals surface area (Å²) in [6.07, 6.45) is 19.2. The van der Waals surface area contributed by atoms with E-state index in [0.717, 1.165) is 0 Å². The van der Waals surface area contributed by atoms with E-state index >= 15 is 0 Å². The number of hydrogen-bond donors (Lipinski definition) is 0. The average molecular weight is 296 g/mol. The minimum absolute atomic E-state index is 0.0642. The molecule has 0 aromatic carbocycles. The van der Waals surface area contributed by atoms with Gasteiger partial charge in [-0.15, -0.1) is 0 Å². The van der Waals surface area contributed by atoms with Crippen molar-refractivity contribution < 1.29 is 4.57 Å². The van der Waals surface area contributed by atoms with Crippen LogP contribution in [0.3, 0.4) is 0 Å². The smallest absolute Gasteiger partial charge is 0.162 e. The Morgan fingerprint density at radius 2 is 0.950 bits per heavy atom. The van der Waals surface area contributed by atoms with E-state index in [1.165, 1.54) is 89.9 Å². The molecule has 2 aliphatic rings. The molecule has 0 bridgehead atoms. The molecule has 0 saturated heterocycles. The van der Waals surface area contributed by atoms with E-state index in [2.05, 4.69) is 6.92 Å². The zero-order valence-corrected chi connectivity index (χ0v) is 14.3. The summed E-state index contributed by atoms with van der Waals surface area (Å²) in [7, 11) is 0.435. The Balaban J connectivity index is 2.05. The first-order chi connectivity index (χ1) is 9.77. The Kier molecular flexibility index (Phi) is 7.02. The van der Waals surface area contributed by atoms with Gasteiger partial charge in [-0.1, -0.05) is 64.2 Å². The second-order valence-electron chi connectivity index (χ2n) is 7.40. The van der Waals surface area contributed by atoms with E-state index in [9.17, 15) is 4.57 Å². The van der Waals surface area contributed by atoms with Crippen LogP contribution >= 0.6 is 8.46 Å². The normalized spacial score (nSPS) is 25.6. The molecule has 2 fully saturated rings. The first-order valence-electron chi connectivity index (χ1n) is 9.12. The fourth-order valence-corrected chi connectivity index (χ4v) is 5.38. The third-order valence-corrected chi connectivity index (χ3v) is 7.18. The van der Waals surface area contributed by atoms with Crippen molar-refractivity contribution in [2.75, 3.05) is 0 Å². The van der Waals surface area contributed by atoms with Gasteiger partial charge in [0.25, 0.3) is 0 Å². The van der Waals surface area contributed by atoms with Crippen LogP contribution in [0.25, 0.3) is 0 Å². The highest BCUT2D eigenvalue weighted by Crippen LogP contribution is 2.48. The van der Waals surface area contributed by atoms with E-state index < -0.39 is 0 Å². The van der Waals surface area contributed by atoms with Crippen LogP contribution in [-0.2, 0) is 4.57 Å². The minimum Gasteiger partial charge on any atom is -0.274 e. The molecule has 2 aliphatic carbocycles. The van der Waals surface area contributed by atoms with Gasteiger partial charge in [-0.2, -0.15) is 0 Å². The monoisotopic (exact) mass is 296 g/mol. The Morgan fingerprint density at radius 3 is 1.25 bits per heavy atom. The van der Waals surface area contributed by atoms with Crippen LogP contribution in [0.1, 0.15) is 96.8 Å². The molecular weight excluding hydrogens is 263 g/mol. The topological polar surface area (TPSA) is 17.1 Å². The molecule has 0 aromatic heterocycles. The average Bonchev–Trinajstić information content (AvgIpc) is 2.37. The number of hydrogen-bond acceptors (Lipinski definition) is 1. The van der Waals surface area contributed by atoms with Crippen LogP contribution in [0.2, 0.25) is 0 Å². The van der Waals surface area contributed by atoms with Gasteiger partial charge in [0, 0.05) is 0 Å². The summed E-state index contributed by atoms with van der Waals surface area (Å²) < 4.78 is 12.1. The van der Waals surface area contributed by atoms with Crippen molar-refractivity contribution in [3.05, 3.63) is 0 Å². The lowest BCUT2D eigenvalue weighted by atomic mass is 9.71. The van der Waals surface area contributed by atoms with Crippen molar-refractivity contribution in [3.63, 3.8) is 0 Å². The van der Waals surface area contributed by atoms with Crippen molar-refractivity contribution in [2.24, 2.45) is 11.8 Å². The van der Waals surface area contributed by atoms with Crippen molar-refractivity contribution >= 4 is 8.46 Å². The first-order valence-corrected chi connectivity index (χ1v) is 9.93. The van der Waals surface area contributed by atoms with Crippen LogP contribution in [0.4, 0.5) is 0 Å². The zero-order chi connectivity index (χ0) is 14.3. The van der Waals surface area contributed by atoms with Gasteiger partial charge in [-0.05, 0) is 44.4 Å². The Labute approximate surface area is 127 Å². The molecule has 0 aliphatic heterocycles. The molecule has 0 amide bonds. The standard InChI is InChI=1S/C18H33OP/c1-18(20-19,16-12-8-4-2-5-9-13-16)17-14-10-6-3-7-11-15-17/h16-17H,2-15H2,1H3. The third kappa shape index (κ3) is 4.30.